The molecule has 0 bridgehead atoms. The first kappa shape index (κ1) is 19.8. The molecule has 1 aromatic carbocycles. The van der Waals surface area contributed by atoms with E-state index in [9.17, 15) is 9.59 Å². The van der Waals surface area contributed by atoms with Gasteiger partial charge in [0.25, 0.3) is 11.5 Å². The van der Waals surface area contributed by atoms with Gasteiger partial charge in [-0.05, 0) is 31.2 Å². The maximum atomic E-state index is 12.7. The Morgan fingerprint density at radius 3 is 2.63 bits per heavy atom. The molecule has 0 spiro atoms. The zero-order valence-electron chi connectivity index (χ0n) is 16.9. The molecule has 30 heavy (non-hydrogen) atoms. The molecule has 1 unspecified atom stereocenters. The first-order valence-electron chi connectivity index (χ1n) is 9.74. The van der Waals surface area contributed by atoms with Crippen LogP contribution >= 0.6 is 0 Å². The average Bonchev–Trinajstić information content (AvgIpc) is 2.78. The molecule has 1 aliphatic rings. The van der Waals surface area contributed by atoms with Crippen LogP contribution in [0.25, 0.3) is 11.3 Å². The summed E-state index contributed by atoms with van der Waals surface area (Å²) in [5, 5.41) is 2.89. The molecule has 1 atom stereocenters. The highest BCUT2D eigenvalue weighted by Gasteiger charge is 2.29. The lowest BCUT2D eigenvalue weighted by Crippen LogP contribution is -2.49. The summed E-state index contributed by atoms with van der Waals surface area (Å²) >= 11 is 0. The zero-order chi connectivity index (χ0) is 21.1. The van der Waals surface area contributed by atoms with Crippen LogP contribution < -0.4 is 15.8 Å². The van der Waals surface area contributed by atoms with Crippen LogP contribution in [0, 0.1) is 6.92 Å². The van der Waals surface area contributed by atoms with Gasteiger partial charge >= 0.3 is 0 Å². The lowest BCUT2D eigenvalue weighted by Gasteiger charge is -2.33. The normalized spacial score (nSPS) is 16.3. The quantitative estimate of drug-likeness (QED) is 0.714. The fourth-order valence-corrected chi connectivity index (χ4v) is 3.33. The van der Waals surface area contributed by atoms with E-state index in [0.717, 1.165) is 16.8 Å². The lowest BCUT2D eigenvalue weighted by atomic mass is 10.2. The zero-order valence-corrected chi connectivity index (χ0v) is 16.9. The van der Waals surface area contributed by atoms with Gasteiger partial charge in [-0.15, -0.1) is 0 Å². The SMILES string of the molecule is Cc1ccc(NC(=O)C2CN(c3nc(-c4ccncc4)cc(=O)n3C)CCO2)cc1. The van der Waals surface area contributed by atoms with Gasteiger partial charge in [-0.1, -0.05) is 17.7 Å². The summed E-state index contributed by atoms with van der Waals surface area (Å²) in [7, 11) is 1.68. The minimum absolute atomic E-state index is 0.168. The van der Waals surface area contributed by atoms with Crippen LogP contribution in [-0.2, 0) is 16.6 Å². The summed E-state index contributed by atoms with van der Waals surface area (Å²) in [6, 6.07) is 12.7. The Balaban J connectivity index is 1.55. The second kappa shape index (κ2) is 8.46. The number of carbonyl (C=O) groups excluding carboxylic acids is 1. The minimum atomic E-state index is -0.665. The van der Waals surface area contributed by atoms with E-state index in [2.05, 4.69) is 15.3 Å². The molecule has 4 rings (SSSR count). The van der Waals surface area contributed by atoms with Gasteiger partial charge in [0.1, 0.15) is 0 Å². The molecule has 1 N–H and O–H groups in total. The minimum Gasteiger partial charge on any atom is -0.365 e. The molecule has 1 fully saturated rings. The Morgan fingerprint density at radius 2 is 1.90 bits per heavy atom. The molecule has 0 radical (unpaired) electrons. The number of pyridine rings is 1. The van der Waals surface area contributed by atoms with Crippen molar-refractivity contribution < 1.29 is 9.53 Å². The summed E-state index contributed by atoms with van der Waals surface area (Å²) in [6.07, 6.45) is 2.66. The van der Waals surface area contributed by atoms with Crippen molar-refractivity contribution in [3.63, 3.8) is 0 Å². The highest BCUT2D eigenvalue weighted by Crippen LogP contribution is 2.20. The van der Waals surface area contributed by atoms with Crippen LogP contribution in [0.15, 0.2) is 59.7 Å². The number of amides is 1. The second-order valence-electron chi connectivity index (χ2n) is 7.24. The number of nitrogens with one attached hydrogen (secondary N) is 1. The maximum absolute atomic E-state index is 12.7. The lowest BCUT2D eigenvalue weighted by molar-refractivity contribution is -0.128. The fourth-order valence-electron chi connectivity index (χ4n) is 3.33. The predicted molar refractivity (Wildman–Crippen MR) is 114 cm³/mol. The van der Waals surface area contributed by atoms with E-state index in [1.54, 1.807) is 19.4 Å². The van der Waals surface area contributed by atoms with E-state index in [1.807, 2.05) is 48.2 Å². The van der Waals surface area contributed by atoms with Gasteiger partial charge in [-0.3, -0.25) is 19.1 Å². The number of morpholine rings is 1. The number of aryl methyl sites for hydroxylation is 1. The monoisotopic (exact) mass is 405 g/mol. The summed E-state index contributed by atoms with van der Waals surface area (Å²) in [4.78, 5) is 35.9. The van der Waals surface area contributed by atoms with Crippen molar-refractivity contribution in [3.05, 3.63) is 70.8 Å². The van der Waals surface area contributed by atoms with Crippen molar-refractivity contribution in [2.45, 2.75) is 13.0 Å². The molecule has 2 aromatic heterocycles. The van der Waals surface area contributed by atoms with Gasteiger partial charge < -0.3 is 15.0 Å². The third kappa shape index (κ3) is 4.23. The summed E-state index contributed by atoms with van der Waals surface area (Å²) < 4.78 is 7.19. The molecule has 8 heteroatoms. The number of rotatable bonds is 4. The highest BCUT2D eigenvalue weighted by molar-refractivity contribution is 5.94. The number of ether oxygens (including phenoxy) is 1. The van der Waals surface area contributed by atoms with Crippen molar-refractivity contribution in [1.29, 1.82) is 0 Å². The van der Waals surface area contributed by atoms with E-state index >= 15 is 0 Å². The number of carbonyl (C=O) groups is 1. The van der Waals surface area contributed by atoms with E-state index in [-0.39, 0.29) is 11.5 Å². The third-order valence-electron chi connectivity index (χ3n) is 5.05. The summed E-state index contributed by atoms with van der Waals surface area (Å²) in [5.74, 6) is 0.282. The van der Waals surface area contributed by atoms with Gasteiger partial charge in [0, 0.05) is 43.3 Å². The third-order valence-corrected chi connectivity index (χ3v) is 5.05. The first-order chi connectivity index (χ1) is 14.5. The van der Waals surface area contributed by atoms with Gasteiger partial charge in [-0.2, -0.15) is 0 Å². The van der Waals surface area contributed by atoms with Gasteiger partial charge in [-0.25, -0.2) is 4.98 Å². The highest BCUT2D eigenvalue weighted by atomic mass is 16.5. The maximum Gasteiger partial charge on any atom is 0.255 e. The van der Waals surface area contributed by atoms with Crippen LogP contribution in [0.1, 0.15) is 5.56 Å². The van der Waals surface area contributed by atoms with Crippen LogP contribution in [0.4, 0.5) is 11.6 Å². The molecular formula is C22H23N5O3. The van der Waals surface area contributed by atoms with Gasteiger partial charge in [0.05, 0.1) is 18.8 Å². The molecular weight excluding hydrogens is 382 g/mol. The summed E-state index contributed by atoms with van der Waals surface area (Å²) in [6.45, 7) is 3.19. The van der Waals surface area contributed by atoms with Crippen molar-refractivity contribution >= 4 is 17.5 Å². The van der Waals surface area contributed by atoms with Crippen LogP contribution in [-0.4, -0.2) is 46.2 Å². The van der Waals surface area contributed by atoms with Crippen molar-refractivity contribution in [2.75, 3.05) is 29.9 Å². The van der Waals surface area contributed by atoms with E-state index < -0.39 is 6.10 Å². The summed E-state index contributed by atoms with van der Waals surface area (Å²) in [5.41, 5.74) is 3.05. The Morgan fingerprint density at radius 1 is 1.17 bits per heavy atom. The Kier molecular flexibility index (Phi) is 5.58. The number of nitrogens with zero attached hydrogens (tertiary/aromatic N) is 4. The topological polar surface area (TPSA) is 89.4 Å². The number of aromatic nitrogens is 3. The van der Waals surface area contributed by atoms with Gasteiger partial charge in [0.2, 0.25) is 5.95 Å². The predicted octanol–water partition coefficient (Wildman–Crippen LogP) is 1.99. The van der Waals surface area contributed by atoms with E-state index in [4.69, 9.17) is 4.74 Å². The van der Waals surface area contributed by atoms with Crippen molar-refractivity contribution in [1.82, 2.24) is 14.5 Å². The molecule has 3 aromatic rings. The standard InChI is InChI=1S/C22H23N5O3/c1-15-3-5-17(6-4-15)24-21(29)19-14-27(11-12-30-19)22-25-18(13-20(28)26(22)2)16-7-9-23-10-8-16/h3-10,13,19H,11-12,14H2,1-2H3,(H,24,29). The van der Waals surface area contributed by atoms with Crippen molar-refractivity contribution in [3.8, 4) is 11.3 Å². The number of hydrogen-bond acceptors (Lipinski definition) is 6. The average molecular weight is 405 g/mol. The molecule has 1 aliphatic heterocycles. The number of benzene rings is 1. The number of hydrogen-bond donors (Lipinski definition) is 1. The van der Waals surface area contributed by atoms with Crippen LogP contribution in [0.3, 0.4) is 0 Å². The van der Waals surface area contributed by atoms with Crippen LogP contribution in [0.2, 0.25) is 0 Å². The first-order valence-corrected chi connectivity index (χ1v) is 9.74. The Hall–Kier alpha value is -3.52. The van der Waals surface area contributed by atoms with E-state index in [0.29, 0.717) is 31.3 Å². The molecule has 0 saturated carbocycles. The fraction of sp³-hybridized carbons (Fsp3) is 0.273. The molecule has 1 amide bonds. The second-order valence-corrected chi connectivity index (χ2v) is 7.24. The van der Waals surface area contributed by atoms with E-state index in [1.165, 1.54) is 10.6 Å². The molecule has 154 valence electrons. The largest absolute Gasteiger partial charge is 0.365 e. The van der Waals surface area contributed by atoms with Crippen LogP contribution in [0.5, 0.6) is 0 Å². The smallest absolute Gasteiger partial charge is 0.255 e. The molecule has 3 heterocycles. The Bertz CT molecular complexity index is 1100. The molecule has 1 saturated heterocycles. The van der Waals surface area contributed by atoms with Crippen molar-refractivity contribution in [2.24, 2.45) is 7.05 Å². The molecule has 8 nitrogen and oxygen atoms in total. The van der Waals surface area contributed by atoms with Gasteiger partial charge in [0.15, 0.2) is 6.10 Å². The molecule has 0 aliphatic carbocycles. The number of anilines is 2. The Labute approximate surface area is 174 Å².